The van der Waals surface area contributed by atoms with Gasteiger partial charge >= 0.3 is 0 Å². The van der Waals surface area contributed by atoms with Crippen LogP contribution >= 0.6 is 0 Å². The second-order valence-electron chi connectivity index (χ2n) is 4.75. The van der Waals surface area contributed by atoms with Crippen molar-refractivity contribution in [1.29, 1.82) is 0 Å². The summed E-state index contributed by atoms with van der Waals surface area (Å²) in [4.78, 5) is 11.8. The number of aromatic hydroxyl groups is 1. The number of hydrogen-bond acceptors (Lipinski definition) is 3. The van der Waals surface area contributed by atoms with Crippen LogP contribution in [-0.4, -0.2) is 24.7 Å². The maximum atomic E-state index is 11.8. The van der Waals surface area contributed by atoms with Gasteiger partial charge in [-0.25, -0.2) is 0 Å². The molecule has 0 spiro atoms. The fraction of sp³-hybridized carbons (Fsp3) is 0.235. The summed E-state index contributed by atoms with van der Waals surface area (Å²) < 4.78 is 5.10. The molecule has 4 nitrogen and oxygen atoms in total. The minimum atomic E-state index is -0.0926. The number of carbonyl (C=O) groups excluding carboxylic acids is 1. The highest BCUT2D eigenvalue weighted by molar-refractivity contribution is 5.79. The number of ether oxygens (including phenoxy) is 1. The predicted molar refractivity (Wildman–Crippen MR) is 81.5 cm³/mol. The van der Waals surface area contributed by atoms with Crippen LogP contribution in [-0.2, 0) is 17.6 Å². The normalized spacial score (nSPS) is 10.1. The minimum absolute atomic E-state index is 0.0926. The molecule has 0 aliphatic carbocycles. The lowest BCUT2D eigenvalue weighted by atomic mass is 10.1. The number of rotatable bonds is 6. The van der Waals surface area contributed by atoms with Crippen LogP contribution in [0.2, 0.25) is 0 Å². The van der Waals surface area contributed by atoms with Crippen LogP contribution in [0.25, 0.3) is 0 Å². The van der Waals surface area contributed by atoms with Crippen molar-refractivity contribution in [3.8, 4) is 11.5 Å². The maximum absolute atomic E-state index is 11.8. The van der Waals surface area contributed by atoms with Crippen molar-refractivity contribution in [2.75, 3.05) is 13.7 Å². The van der Waals surface area contributed by atoms with Crippen LogP contribution in [0.5, 0.6) is 11.5 Å². The molecule has 0 bridgehead atoms. The van der Waals surface area contributed by atoms with Crippen molar-refractivity contribution in [3.63, 3.8) is 0 Å². The second-order valence-corrected chi connectivity index (χ2v) is 4.75. The first-order valence-corrected chi connectivity index (χ1v) is 6.85. The summed E-state index contributed by atoms with van der Waals surface area (Å²) in [6.45, 7) is 0.568. The van der Waals surface area contributed by atoms with E-state index in [-0.39, 0.29) is 18.1 Å². The minimum Gasteiger partial charge on any atom is -0.508 e. The molecule has 0 saturated carbocycles. The summed E-state index contributed by atoms with van der Waals surface area (Å²) in [7, 11) is 1.63. The first-order valence-electron chi connectivity index (χ1n) is 6.85. The molecular formula is C17H19NO3. The Morgan fingerprint density at radius 2 is 1.86 bits per heavy atom. The average molecular weight is 285 g/mol. The molecular weight excluding hydrogens is 266 g/mol. The van der Waals surface area contributed by atoms with Crippen LogP contribution in [0.3, 0.4) is 0 Å². The molecule has 1 amide bonds. The van der Waals surface area contributed by atoms with Crippen molar-refractivity contribution < 1.29 is 14.6 Å². The molecule has 0 unspecified atom stereocenters. The standard InChI is InChI=1S/C17H19NO3/c1-21-15-8-6-13(7-9-15)10-11-18-17(20)12-14-4-2-3-5-16(14)19/h2-9,19H,10-12H2,1H3,(H,18,20). The fourth-order valence-electron chi connectivity index (χ4n) is 2.03. The molecule has 0 heterocycles. The third-order valence-corrected chi connectivity index (χ3v) is 3.24. The van der Waals surface area contributed by atoms with Crippen LogP contribution in [0.1, 0.15) is 11.1 Å². The number of para-hydroxylation sites is 1. The summed E-state index contributed by atoms with van der Waals surface area (Å²) in [5.74, 6) is 0.884. The zero-order chi connectivity index (χ0) is 15.1. The molecule has 0 aromatic heterocycles. The Labute approximate surface area is 124 Å². The van der Waals surface area contributed by atoms with Crippen LogP contribution in [0.4, 0.5) is 0 Å². The Morgan fingerprint density at radius 1 is 1.14 bits per heavy atom. The van der Waals surface area contributed by atoms with Gasteiger partial charge in [-0.2, -0.15) is 0 Å². The Bertz CT molecular complexity index is 593. The van der Waals surface area contributed by atoms with Gasteiger partial charge in [0.05, 0.1) is 13.5 Å². The van der Waals surface area contributed by atoms with E-state index < -0.39 is 0 Å². The predicted octanol–water partition coefficient (Wildman–Crippen LogP) is 2.30. The van der Waals surface area contributed by atoms with Crippen LogP contribution in [0.15, 0.2) is 48.5 Å². The third kappa shape index (κ3) is 4.53. The lowest BCUT2D eigenvalue weighted by Gasteiger charge is -2.07. The maximum Gasteiger partial charge on any atom is 0.224 e. The first kappa shape index (κ1) is 14.9. The van der Waals surface area contributed by atoms with E-state index in [9.17, 15) is 9.90 Å². The van der Waals surface area contributed by atoms with Crippen molar-refractivity contribution in [2.45, 2.75) is 12.8 Å². The number of methoxy groups -OCH3 is 1. The average Bonchev–Trinajstić information content (AvgIpc) is 2.50. The van der Waals surface area contributed by atoms with E-state index in [0.717, 1.165) is 17.7 Å². The van der Waals surface area contributed by atoms with Gasteiger partial charge in [-0.05, 0) is 30.2 Å². The van der Waals surface area contributed by atoms with Gasteiger partial charge in [0.2, 0.25) is 5.91 Å². The van der Waals surface area contributed by atoms with Crippen molar-refractivity contribution >= 4 is 5.91 Å². The molecule has 2 N–H and O–H groups in total. The van der Waals surface area contributed by atoms with Gasteiger partial charge in [-0.3, -0.25) is 4.79 Å². The second kappa shape index (κ2) is 7.33. The summed E-state index contributed by atoms with van der Waals surface area (Å²) in [6.07, 6.45) is 0.950. The van der Waals surface area contributed by atoms with E-state index >= 15 is 0 Å². The van der Waals surface area contributed by atoms with Gasteiger partial charge < -0.3 is 15.2 Å². The molecule has 21 heavy (non-hydrogen) atoms. The Kier molecular flexibility index (Phi) is 5.21. The first-order chi connectivity index (χ1) is 10.2. The molecule has 0 fully saturated rings. The largest absolute Gasteiger partial charge is 0.508 e. The third-order valence-electron chi connectivity index (χ3n) is 3.24. The Hall–Kier alpha value is -2.49. The summed E-state index contributed by atoms with van der Waals surface area (Å²) in [6, 6.07) is 14.6. The number of phenolic OH excluding ortho intramolecular Hbond substituents is 1. The zero-order valence-corrected chi connectivity index (χ0v) is 12.0. The Morgan fingerprint density at radius 3 is 2.52 bits per heavy atom. The van der Waals surface area contributed by atoms with Gasteiger partial charge in [-0.1, -0.05) is 30.3 Å². The van der Waals surface area contributed by atoms with Gasteiger partial charge in [0, 0.05) is 12.1 Å². The highest BCUT2D eigenvalue weighted by Crippen LogP contribution is 2.16. The number of benzene rings is 2. The molecule has 2 aromatic rings. The van der Waals surface area contributed by atoms with Crippen LogP contribution in [0, 0.1) is 0 Å². The topological polar surface area (TPSA) is 58.6 Å². The molecule has 2 rings (SSSR count). The smallest absolute Gasteiger partial charge is 0.224 e. The van der Waals surface area contributed by atoms with Crippen molar-refractivity contribution in [2.24, 2.45) is 0 Å². The quantitative estimate of drug-likeness (QED) is 0.856. The molecule has 0 aliphatic heterocycles. The van der Waals surface area contributed by atoms with E-state index in [1.54, 1.807) is 31.4 Å². The molecule has 0 saturated heterocycles. The van der Waals surface area contributed by atoms with Gasteiger partial charge in [0.1, 0.15) is 11.5 Å². The molecule has 0 aliphatic rings. The number of carbonyl (C=O) groups is 1. The molecule has 4 heteroatoms. The van der Waals surface area contributed by atoms with E-state index in [0.29, 0.717) is 12.1 Å². The van der Waals surface area contributed by atoms with Crippen LogP contribution < -0.4 is 10.1 Å². The van der Waals surface area contributed by atoms with E-state index in [4.69, 9.17) is 4.74 Å². The van der Waals surface area contributed by atoms with Crippen molar-refractivity contribution in [3.05, 3.63) is 59.7 Å². The lowest BCUT2D eigenvalue weighted by Crippen LogP contribution is -2.27. The molecule has 110 valence electrons. The summed E-state index contributed by atoms with van der Waals surface area (Å²) in [5.41, 5.74) is 1.78. The number of nitrogens with one attached hydrogen (secondary N) is 1. The van der Waals surface area contributed by atoms with E-state index in [1.807, 2.05) is 24.3 Å². The van der Waals surface area contributed by atoms with E-state index in [1.165, 1.54) is 0 Å². The van der Waals surface area contributed by atoms with Gasteiger partial charge in [-0.15, -0.1) is 0 Å². The summed E-state index contributed by atoms with van der Waals surface area (Å²) >= 11 is 0. The molecule has 0 radical (unpaired) electrons. The fourth-order valence-corrected chi connectivity index (χ4v) is 2.03. The highest BCUT2D eigenvalue weighted by atomic mass is 16.5. The van der Waals surface area contributed by atoms with Gasteiger partial charge in [0.15, 0.2) is 0 Å². The van der Waals surface area contributed by atoms with Gasteiger partial charge in [0.25, 0.3) is 0 Å². The number of hydrogen-bond donors (Lipinski definition) is 2. The number of amides is 1. The van der Waals surface area contributed by atoms with E-state index in [2.05, 4.69) is 5.32 Å². The lowest BCUT2D eigenvalue weighted by molar-refractivity contribution is -0.120. The molecule has 0 atom stereocenters. The highest BCUT2D eigenvalue weighted by Gasteiger charge is 2.06. The zero-order valence-electron chi connectivity index (χ0n) is 12.0. The Balaban J connectivity index is 1.77. The molecule has 2 aromatic carbocycles. The SMILES string of the molecule is COc1ccc(CCNC(=O)Cc2ccccc2O)cc1. The number of phenols is 1. The summed E-state index contributed by atoms with van der Waals surface area (Å²) in [5, 5.41) is 12.5. The monoisotopic (exact) mass is 285 g/mol. The van der Waals surface area contributed by atoms with Crippen molar-refractivity contribution in [1.82, 2.24) is 5.32 Å².